The lowest BCUT2D eigenvalue weighted by Crippen LogP contribution is -2.25. The molecule has 0 saturated carbocycles. The zero-order chi connectivity index (χ0) is 22.4. The molecule has 0 unspecified atom stereocenters. The fourth-order valence-electron chi connectivity index (χ4n) is 3.05. The molecule has 9 nitrogen and oxygen atoms in total. The highest BCUT2D eigenvalue weighted by Crippen LogP contribution is 2.30. The van der Waals surface area contributed by atoms with E-state index in [2.05, 4.69) is 15.4 Å². The monoisotopic (exact) mass is 429 g/mol. The number of nitrogens with one attached hydrogen (secondary N) is 1. The molecule has 0 radical (unpaired) electrons. The molecule has 0 aliphatic rings. The van der Waals surface area contributed by atoms with Crippen LogP contribution in [0.2, 0.25) is 0 Å². The van der Waals surface area contributed by atoms with Crippen LogP contribution in [-0.2, 0) is 16.0 Å². The molecule has 0 bridgehead atoms. The van der Waals surface area contributed by atoms with E-state index in [0.29, 0.717) is 36.0 Å². The SMILES string of the molecule is CCOC(Cn1nc(-c2cccnc2)cc1Nc1cc([N+](=O)[O-])c(F)cc1C)OCC. The molecule has 2 aromatic heterocycles. The summed E-state index contributed by atoms with van der Waals surface area (Å²) in [7, 11) is 0. The van der Waals surface area contributed by atoms with Crippen LogP contribution in [0, 0.1) is 22.9 Å². The molecule has 31 heavy (non-hydrogen) atoms. The van der Waals surface area contributed by atoms with E-state index in [-0.39, 0.29) is 6.54 Å². The van der Waals surface area contributed by atoms with Crippen LogP contribution in [0.4, 0.5) is 21.6 Å². The highest BCUT2D eigenvalue weighted by Gasteiger charge is 2.20. The van der Waals surface area contributed by atoms with Crippen LogP contribution in [-0.4, -0.2) is 39.2 Å². The predicted molar refractivity (Wildman–Crippen MR) is 114 cm³/mol. The normalized spacial score (nSPS) is 11.1. The number of hydrogen-bond donors (Lipinski definition) is 1. The Bertz CT molecular complexity index is 1040. The maximum absolute atomic E-state index is 13.9. The minimum absolute atomic E-state index is 0.284. The van der Waals surface area contributed by atoms with E-state index in [4.69, 9.17) is 9.47 Å². The van der Waals surface area contributed by atoms with Crippen molar-refractivity contribution in [3.05, 3.63) is 64.2 Å². The van der Waals surface area contributed by atoms with E-state index in [1.54, 1.807) is 36.1 Å². The maximum Gasteiger partial charge on any atom is 0.306 e. The number of ether oxygens (including phenoxy) is 2. The number of aromatic nitrogens is 3. The van der Waals surface area contributed by atoms with Gasteiger partial charge in [0.1, 0.15) is 5.82 Å². The Labute approximate surface area is 179 Å². The molecule has 0 aliphatic carbocycles. The summed E-state index contributed by atoms with van der Waals surface area (Å²) >= 11 is 0. The molecule has 0 saturated heterocycles. The zero-order valence-electron chi connectivity index (χ0n) is 17.5. The number of hydrogen-bond acceptors (Lipinski definition) is 7. The third-order valence-electron chi connectivity index (χ3n) is 4.52. The van der Waals surface area contributed by atoms with E-state index in [9.17, 15) is 14.5 Å². The number of anilines is 2. The third kappa shape index (κ3) is 5.41. The first-order valence-electron chi connectivity index (χ1n) is 9.85. The molecular weight excluding hydrogens is 405 g/mol. The Morgan fingerprint density at radius 2 is 2.00 bits per heavy atom. The molecule has 0 fully saturated rings. The van der Waals surface area contributed by atoms with Crippen LogP contribution in [0.25, 0.3) is 11.3 Å². The summed E-state index contributed by atoms with van der Waals surface area (Å²) in [5.74, 6) is -0.336. The Kier molecular flexibility index (Phi) is 7.27. The van der Waals surface area contributed by atoms with Crippen LogP contribution in [0.5, 0.6) is 0 Å². The molecule has 0 atom stereocenters. The van der Waals surface area contributed by atoms with Gasteiger partial charge in [-0.05, 0) is 44.5 Å². The molecule has 3 rings (SSSR count). The quantitative estimate of drug-likeness (QED) is 0.288. The molecule has 164 valence electrons. The molecule has 10 heteroatoms. The van der Waals surface area contributed by atoms with Gasteiger partial charge in [0.25, 0.3) is 0 Å². The van der Waals surface area contributed by atoms with Crippen molar-refractivity contribution in [3.63, 3.8) is 0 Å². The van der Waals surface area contributed by atoms with E-state index in [0.717, 1.165) is 11.6 Å². The number of aryl methyl sites for hydroxylation is 1. The van der Waals surface area contributed by atoms with Gasteiger partial charge in [0.2, 0.25) is 5.82 Å². The number of nitro benzene ring substituents is 1. The Balaban J connectivity index is 2.00. The van der Waals surface area contributed by atoms with Crippen LogP contribution >= 0.6 is 0 Å². The third-order valence-corrected chi connectivity index (χ3v) is 4.52. The van der Waals surface area contributed by atoms with Crippen molar-refractivity contribution in [3.8, 4) is 11.3 Å². The molecule has 0 spiro atoms. The second-order valence-corrected chi connectivity index (χ2v) is 6.68. The maximum atomic E-state index is 13.9. The average molecular weight is 429 g/mol. The van der Waals surface area contributed by atoms with Crippen molar-refractivity contribution in [1.82, 2.24) is 14.8 Å². The number of benzene rings is 1. The summed E-state index contributed by atoms with van der Waals surface area (Å²) in [5.41, 5.74) is 1.77. The van der Waals surface area contributed by atoms with Gasteiger partial charge in [-0.15, -0.1) is 0 Å². The summed E-state index contributed by atoms with van der Waals surface area (Å²) in [6.45, 7) is 6.63. The zero-order valence-corrected chi connectivity index (χ0v) is 17.5. The molecular formula is C21H24FN5O4. The molecule has 0 amide bonds. The van der Waals surface area contributed by atoms with Crippen molar-refractivity contribution in [2.24, 2.45) is 0 Å². The van der Waals surface area contributed by atoms with Gasteiger partial charge in [-0.25, -0.2) is 4.68 Å². The number of nitro groups is 1. The van der Waals surface area contributed by atoms with Crippen molar-refractivity contribution in [2.45, 2.75) is 33.6 Å². The van der Waals surface area contributed by atoms with Crippen molar-refractivity contribution in [1.29, 1.82) is 0 Å². The van der Waals surface area contributed by atoms with Gasteiger partial charge in [-0.2, -0.15) is 9.49 Å². The van der Waals surface area contributed by atoms with Gasteiger partial charge in [-0.3, -0.25) is 15.1 Å². The lowest BCUT2D eigenvalue weighted by atomic mass is 10.1. The minimum atomic E-state index is -0.884. The second kappa shape index (κ2) is 10.1. The fourth-order valence-corrected chi connectivity index (χ4v) is 3.05. The van der Waals surface area contributed by atoms with E-state index < -0.39 is 22.7 Å². The fraction of sp³-hybridized carbons (Fsp3) is 0.333. The Morgan fingerprint density at radius 1 is 1.26 bits per heavy atom. The van der Waals surface area contributed by atoms with Crippen LogP contribution in [0.3, 0.4) is 0 Å². The van der Waals surface area contributed by atoms with Crippen LogP contribution < -0.4 is 5.32 Å². The molecule has 1 aromatic carbocycles. The first kappa shape index (κ1) is 22.3. The predicted octanol–water partition coefficient (Wildman–Crippen LogP) is 4.44. The summed E-state index contributed by atoms with van der Waals surface area (Å²) in [4.78, 5) is 14.5. The summed E-state index contributed by atoms with van der Waals surface area (Å²) in [6, 6.07) is 7.78. The van der Waals surface area contributed by atoms with Gasteiger partial charge in [0.05, 0.1) is 17.2 Å². The van der Waals surface area contributed by atoms with Gasteiger partial charge in [0, 0.05) is 49.0 Å². The van der Waals surface area contributed by atoms with E-state index >= 15 is 0 Å². The van der Waals surface area contributed by atoms with Gasteiger partial charge in [0.15, 0.2) is 6.29 Å². The smallest absolute Gasteiger partial charge is 0.306 e. The van der Waals surface area contributed by atoms with E-state index in [1.165, 1.54) is 6.07 Å². The van der Waals surface area contributed by atoms with Gasteiger partial charge < -0.3 is 14.8 Å². The summed E-state index contributed by atoms with van der Waals surface area (Å²) < 4.78 is 26.9. The molecule has 2 heterocycles. The standard InChI is InChI=1S/C21H24FN5O4/c1-4-30-21(31-5-2)13-26-20(11-18(25-26)15-7-6-8-23-12-15)24-17-10-19(27(28)29)16(22)9-14(17)3/h6-12,21,24H,4-5,13H2,1-3H3. The van der Waals surface area contributed by atoms with Crippen molar-refractivity contribution in [2.75, 3.05) is 18.5 Å². The molecule has 0 aliphatic heterocycles. The molecule has 1 N–H and O–H groups in total. The number of halogens is 1. The summed E-state index contributed by atoms with van der Waals surface area (Å²) in [6.07, 6.45) is 2.83. The molecule has 3 aromatic rings. The minimum Gasteiger partial charge on any atom is -0.351 e. The largest absolute Gasteiger partial charge is 0.351 e. The first-order chi connectivity index (χ1) is 14.9. The topological polar surface area (TPSA) is 104 Å². The highest BCUT2D eigenvalue weighted by molar-refractivity contribution is 5.69. The summed E-state index contributed by atoms with van der Waals surface area (Å²) in [5, 5.41) is 18.9. The second-order valence-electron chi connectivity index (χ2n) is 6.68. The first-order valence-corrected chi connectivity index (χ1v) is 9.85. The lowest BCUT2D eigenvalue weighted by Gasteiger charge is -2.19. The number of nitrogens with zero attached hydrogens (tertiary/aromatic N) is 4. The lowest BCUT2D eigenvalue weighted by molar-refractivity contribution is -0.387. The average Bonchev–Trinajstić information content (AvgIpc) is 3.13. The number of rotatable bonds is 10. The van der Waals surface area contributed by atoms with Gasteiger partial charge >= 0.3 is 5.69 Å². The van der Waals surface area contributed by atoms with Gasteiger partial charge in [-0.1, -0.05) is 0 Å². The highest BCUT2D eigenvalue weighted by atomic mass is 19.1. The van der Waals surface area contributed by atoms with E-state index in [1.807, 2.05) is 19.9 Å². The van der Waals surface area contributed by atoms with Crippen LogP contribution in [0.1, 0.15) is 19.4 Å². The van der Waals surface area contributed by atoms with Crippen LogP contribution in [0.15, 0.2) is 42.7 Å². The van der Waals surface area contributed by atoms with Crippen molar-refractivity contribution < 1.29 is 18.8 Å². The van der Waals surface area contributed by atoms with Crippen molar-refractivity contribution >= 4 is 17.2 Å². The Hall–Kier alpha value is -3.37. The number of pyridine rings is 1. The Morgan fingerprint density at radius 3 is 2.61 bits per heavy atom.